The molecule has 6 heteroatoms. The number of rotatable bonds is 7. The Labute approximate surface area is 190 Å². The smallest absolute Gasteiger partial charge is 0.130 e. The maximum atomic E-state index is 6.22. The van der Waals surface area contributed by atoms with Crippen LogP contribution in [0.5, 0.6) is 0 Å². The molecule has 0 radical (unpaired) electrons. The van der Waals surface area contributed by atoms with E-state index < -0.39 is 33.6 Å². The van der Waals surface area contributed by atoms with Crippen LogP contribution in [-0.4, -0.2) is 33.6 Å². The van der Waals surface area contributed by atoms with Crippen LogP contribution in [0.15, 0.2) is 11.6 Å². The zero-order valence-corrected chi connectivity index (χ0v) is 22.7. The molecular weight excluding hydrogens is 396 g/mol. The van der Waals surface area contributed by atoms with E-state index in [0.29, 0.717) is 6.42 Å². The summed E-state index contributed by atoms with van der Waals surface area (Å²) in [5.74, 6) is 0. The van der Waals surface area contributed by atoms with Gasteiger partial charge in [-0.25, -0.2) is 29.3 Å². The predicted molar refractivity (Wildman–Crippen MR) is 123 cm³/mol. The predicted octanol–water partition coefficient (Wildman–Crippen LogP) is 6.88. The van der Waals surface area contributed by atoms with E-state index in [1.54, 1.807) is 0 Å². The van der Waals surface area contributed by atoms with Gasteiger partial charge in [-0.3, -0.25) is 0 Å². The topological polar surface area (TPSA) is 55.4 Å². The molecule has 0 aromatic carbocycles. The maximum absolute atomic E-state index is 6.22. The summed E-state index contributed by atoms with van der Waals surface area (Å²) in [6.07, 6.45) is 2.70. The number of hydrogen-bond donors (Lipinski definition) is 0. The van der Waals surface area contributed by atoms with Gasteiger partial charge >= 0.3 is 0 Å². The highest BCUT2D eigenvalue weighted by molar-refractivity contribution is 5.35. The molecule has 2 atom stereocenters. The third-order valence-corrected chi connectivity index (χ3v) is 5.14. The molecule has 0 fully saturated rings. The first-order valence-corrected chi connectivity index (χ1v) is 11.3. The Morgan fingerprint density at radius 3 is 1.45 bits per heavy atom. The minimum atomic E-state index is -0.826. The largest absolute Gasteiger partial charge is 0.230 e. The van der Waals surface area contributed by atoms with E-state index in [4.69, 9.17) is 29.3 Å². The van der Waals surface area contributed by atoms with Gasteiger partial charge in [-0.1, -0.05) is 13.8 Å². The summed E-state index contributed by atoms with van der Waals surface area (Å²) in [5, 5.41) is 0. The SMILES string of the molecule is CC(C)(C)OOC1(C)C=C(C(C)(C)OOC(C)(C)C)C(C)(OOC(C)(C)C)C(C)(C)C1. The van der Waals surface area contributed by atoms with E-state index in [1.807, 2.05) is 96.1 Å². The monoisotopic (exact) mass is 444 g/mol. The zero-order valence-electron chi connectivity index (χ0n) is 22.7. The van der Waals surface area contributed by atoms with Gasteiger partial charge in [0.2, 0.25) is 0 Å². The van der Waals surface area contributed by atoms with Crippen molar-refractivity contribution >= 4 is 0 Å². The first-order valence-electron chi connectivity index (χ1n) is 11.3. The molecule has 0 saturated carbocycles. The van der Waals surface area contributed by atoms with Crippen LogP contribution in [0.25, 0.3) is 0 Å². The van der Waals surface area contributed by atoms with E-state index in [9.17, 15) is 0 Å². The average Bonchev–Trinajstić information content (AvgIpc) is 2.51. The van der Waals surface area contributed by atoms with Crippen molar-refractivity contribution in [1.82, 2.24) is 0 Å². The second kappa shape index (κ2) is 8.69. The molecule has 0 amide bonds. The first kappa shape index (κ1) is 28.5. The molecular formula is C25H48O6. The third-order valence-electron chi connectivity index (χ3n) is 5.14. The molecule has 1 aliphatic rings. The average molecular weight is 445 g/mol. The Balaban J connectivity index is 3.51. The van der Waals surface area contributed by atoms with E-state index >= 15 is 0 Å². The van der Waals surface area contributed by atoms with Crippen molar-refractivity contribution in [2.75, 3.05) is 0 Å². The van der Waals surface area contributed by atoms with E-state index in [0.717, 1.165) is 5.57 Å². The Hall–Kier alpha value is -0.500. The molecule has 0 aliphatic heterocycles. The van der Waals surface area contributed by atoms with Gasteiger partial charge in [0.05, 0.1) is 16.8 Å². The highest BCUT2D eigenvalue weighted by atomic mass is 17.2. The van der Waals surface area contributed by atoms with Gasteiger partial charge in [-0.2, -0.15) is 0 Å². The van der Waals surface area contributed by atoms with Crippen LogP contribution in [0.4, 0.5) is 0 Å². The molecule has 0 saturated heterocycles. The molecule has 0 spiro atoms. The fourth-order valence-corrected chi connectivity index (χ4v) is 3.57. The van der Waals surface area contributed by atoms with Crippen molar-refractivity contribution in [3.8, 4) is 0 Å². The fraction of sp³-hybridized carbons (Fsp3) is 0.920. The van der Waals surface area contributed by atoms with Gasteiger partial charge in [-0.15, -0.1) is 0 Å². The molecule has 0 aromatic rings. The second-order valence-electron chi connectivity index (χ2n) is 13.3. The second-order valence-corrected chi connectivity index (χ2v) is 13.3. The van der Waals surface area contributed by atoms with Gasteiger partial charge in [-0.05, 0) is 108 Å². The van der Waals surface area contributed by atoms with Crippen molar-refractivity contribution < 1.29 is 29.3 Å². The van der Waals surface area contributed by atoms with E-state index in [2.05, 4.69) is 13.8 Å². The minimum absolute atomic E-state index is 0.388. The maximum Gasteiger partial charge on any atom is 0.130 e. The van der Waals surface area contributed by atoms with Crippen molar-refractivity contribution in [1.29, 1.82) is 0 Å². The quantitative estimate of drug-likeness (QED) is 0.242. The normalized spacial score (nSPS) is 27.9. The molecule has 31 heavy (non-hydrogen) atoms. The van der Waals surface area contributed by atoms with Crippen LogP contribution in [0.2, 0.25) is 0 Å². The molecule has 1 rings (SSSR count). The summed E-state index contributed by atoms with van der Waals surface area (Å²) >= 11 is 0. The molecule has 184 valence electrons. The van der Waals surface area contributed by atoms with Gasteiger partial charge in [0.25, 0.3) is 0 Å². The lowest BCUT2D eigenvalue weighted by Gasteiger charge is -2.54. The van der Waals surface area contributed by atoms with Crippen LogP contribution in [0, 0.1) is 5.41 Å². The van der Waals surface area contributed by atoms with Gasteiger partial charge < -0.3 is 0 Å². The zero-order chi connectivity index (χ0) is 24.7. The van der Waals surface area contributed by atoms with E-state index in [-0.39, 0.29) is 5.41 Å². The highest BCUT2D eigenvalue weighted by Crippen LogP contribution is 2.54. The first-order chi connectivity index (χ1) is 13.4. The Bertz CT molecular complexity index is 644. The molecule has 6 nitrogen and oxygen atoms in total. The lowest BCUT2D eigenvalue weighted by molar-refractivity contribution is -0.437. The summed E-state index contributed by atoms with van der Waals surface area (Å²) in [6.45, 7) is 29.9. The van der Waals surface area contributed by atoms with Crippen LogP contribution >= 0.6 is 0 Å². The minimum Gasteiger partial charge on any atom is -0.230 e. The van der Waals surface area contributed by atoms with Crippen LogP contribution in [0.3, 0.4) is 0 Å². The Morgan fingerprint density at radius 2 is 1.03 bits per heavy atom. The highest BCUT2D eigenvalue weighted by Gasteiger charge is 2.58. The Morgan fingerprint density at radius 1 is 0.613 bits per heavy atom. The van der Waals surface area contributed by atoms with Crippen molar-refractivity contribution in [2.24, 2.45) is 5.41 Å². The molecule has 0 heterocycles. The van der Waals surface area contributed by atoms with Crippen molar-refractivity contribution in [2.45, 2.75) is 144 Å². The molecule has 0 bridgehead atoms. The molecule has 0 N–H and O–H groups in total. The van der Waals surface area contributed by atoms with Crippen LogP contribution in [-0.2, 0) is 29.3 Å². The lowest BCUT2D eigenvalue weighted by Crippen LogP contribution is -2.59. The summed E-state index contributed by atoms with van der Waals surface area (Å²) in [6, 6.07) is 0. The van der Waals surface area contributed by atoms with E-state index in [1.165, 1.54) is 0 Å². The Kier molecular flexibility index (Phi) is 8.00. The lowest BCUT2D eigenvalue weighted by atomic mass is 9.59. The summed E-state index contributed by atoms with van der Waals surface area (Å²) in [5.41, 5.74) is -3.22. The summed E-state index contributed by atoms with van der Waals surface area (Å²) < 4.78 is 0. The third kappa shape index (κ3) is 8.09. The van der Waals surface area contributed by atoms with Gasteiger partial charge in [0.1, 0.15) is 16.8 Å². The molecule has 2 unspecified atom stereocenters. The fourth-order valence-electron chi connectivity index (χ4n) is 3.57. The molecule has 0 aromatic heterocycles. The number of hydrogen-bond acceptors (Lipinski definition) is 6. The van der Waals surface area contributed by atoms with Crippen molar-refractivity contribution in [3.63, 3.8) is 0 Å². The van der Waals surface area contributed by atoms with Gasteiger partial charge in [0.15, 0.2) is 0 Å². The van der Waals surface area contributed by atoms with Crippen LogP contribution in [0.1, 0.15) is 110 Å². The van der Waals surface area contributed by atoms with Gasteiger partial charge in [0, 0.05) is 5.41 Å². The molecule has 1 aliphatic carbocycles. The summed E-state index contributed by atoms with van der Waals surface area (Å²) in [4.78, 5) is 35.5. The standard InChI is InChI=1S/C25H48O6/c1-19(2,3)26-29-23(12,13)18-16-24(14,30-27-20(4,5)6)17-22(10,11)25(18,15)31-28-21(7,8)9/h16H,17H2,1-15H3. The van der Waals surface area contributed by atoms with Crippen molar-refractivity contribution in [3.05, 3.63) is 11.6 Å². The van der Waals surface area contributed by atoms with Crippen LogP contribution < -0.4 is 0 Å². The summed E-state index contributed by atoms with van der Waals surface area (Å²) in [7, 11) is 0.